The van der Waals surface area contributed by atoms with Crippen LogP contribution in [0.3, 0.4) is 0 Å². The van der Waals surface area contributed by atoms with Gasteiger partial charge in [-0.1, -0.05) is 88.7 Å². The summed E-state index contributed by atoms with van der Waals surface area (Å²) in [6.45, 7) is 12.7. The van der Waals surface area contributed by atoms with E-state index in [1.807, 2.05) is 64.9 Å². The largest absolute Gasteiger partial charge is 0.326 e. The molecule has 0 unspecified atom stereocenters. The number of aryl methyl sites for hydroxylation is 5. The molecular formula is C46H41B9N8S2W4-4. The normalized spacial score (nSPS) is 12.0. The number of thiophene rings is 2. The van der Waals surface area contributed by atoms with Crippen LogP contribution in [0.1, 0.15) is 59.9 Å². The molecule has 0 spiro atoms. The molecule has 4 aliphatic rings. The molecule has 2 aromatic heterocycles. The molecule has 0 bridgehead atoms. The molecule has 6 aromatic rings. The van der Waals surface area contributed by atoms with Crippen LogP contribution in [0.25, 0.3) is 20.9 Å². The standard InChI is InChI=1S/C17H12B3N2S2.C11H12B3N2.C9H8B3N2.C9H9N2.4W/c1-2-10-3-6-13(23-10)11-4-5-12(17-16(11)21-9-22-17)14-7-8-15(24-14)19-20-18;1-2-3-8-4-5-9(6-13-14-12)11-10(8)15-7-16-11;1-2-6-3-4-7(11-12-10)9-8(6)13-5-14-9;1-6-3-4-7(2)9-8(6)10-5-11-9;;;;/h3-4,6-8H,2,9H2,1H3;4H,2-3,6-7H2,1H3;3H,2,5H2,1H3;3H,5H2,1-2H3;;;;/q4*-1;;;;. The van der Waals surface area contributed by atoms with Crippen LogP contribution in [0.4, 0.5) is 0 Å². The summed E-state index contributed by atoms with van der Waals surface area (Å²) < 4.78 is 1.12. The zero-order valence-corrected chi connectivity index (χ0v) is 52.6. The molecule has 0 saturated heterocycles. The van der Waals surface area contributed by atoms with Crippen LogP contribution in [0.5, 0.6) is 0 Å². The second kappa shape index (κ2) is 30.9. The molecule has 23 heteroatoms. The van der Waals surface area contributed by atoms with Crippen molar-refractivity contribution < 1.29 is 84.3 Å². The average molecular weight is 1600 g/mol. The summed E-state index contributed by atoms with van der Waals surface area (Å²) in [6.07, 6.45) is 4.97. The molecular weight excluding hydrogens is 1560 g/mol. The van der Waals surface area contributed by atoms with Crippen LogP contribution in [0.2, 0.25) is 0 Å². The maximum Gasteiger partial charge on any atom is 0.118 e. The Morgan fingerprint density at radius 2 is 1.17 bits per heavy atom. The number of benzene rings is 4. The summed E-state index contributed by atoms with van der Waals surface area (Å²) in [5.41, 5.74) is 8.94. The van der Waals surface area contributed by atoms with E-state index in [1.165, 1.54) is 33.5 Å². The summed E-state index contributed by atoms with van der Waals surface area (Å²) in [6, 6.07) is 29.6. The second-order valence-corrected chi connectivity index (χ2v) is 17.4. The summed E-state index contributed by atoms with van der Waals surface area (Å²) in [7, 11) is 26.4. The molecule has 0 saturated carbocycles. The zero-order valence-electron chi connectivity index (χ0n) is 39.2. The fourth-order valence-corrected chi connectivity index (χ4v) is 9.48. The monoisotopic (exact) mass is 1600 g/mol. The van der Waals surface area contributed by atoms with Gasteiger partial charge in [0.05, 0.1) is 14.3 Å². The van der Waals surface area contributed by atoms with Gasteiger partial charge in [-0.05, 0) is 54.4 Å². The van der Waals surface area contributed by atoms with Crippen LogP contribution in [0, 0.1) is 38.1 Å². The number of rotatable bonds is 13. The first-order valence-corrected chi connectivity index (χ1v) is 23.4. The van der Waals surface area contributed by atoms with E-state index < -0.39 is 0 Å². The van der Waals surface area contributed by atoms with Gasteiger partial charge in [0.2, 0.25) is 0 Å². The topological polar surface area (TPSA) is 98.9 Å². The number of fused-ring (bicyclic) bond motifs is 4. The fraction of sp³-hybridized carbons (Fsp3) is 0.304. The Bertz CT molecular complexity index is 3160. The van der Waals surface area contributed by atoms with Gasteiger partial charge >= 0.3 is 0 Å². The van der Waals surface area contributed by atoms with Gasteiger partial charge in [-0.3, -0.25) is 20.0 Å². The second-order valence-electron chi connectivity index (χ2n) is 15.1. The van der Waals surface area contributed by atoms with Crippen LogP contribution in [-0.2, 0) is 110 Å². The van der Waals surface area contributed by atoms with E-state index in [0.29, 0.717) is 26.7 Å². The molecule has 0 atom stereocenters. The van der Waals surface area contributed by atoms with E-state index in [2.05, 4.69) is 115 Å². The Morgan fingerprint density at radius 1 is 0.551 bits per heavy atom. The molecule has 69 heavy (non-hydrogen) atoms. The number of hydrogen-bond acceptors (Lipinski definition) is 10. The minimum Gasteiger partial charge on any atom is -0.326 e. The van der Waals surface area contributed by atoms with Crippen molar-refractivity contribution in [2.75, 3.05) is 26.7 Å². The third kappa shape index (κ3) is 15.3. The molecule has 4 aromatic carbocycles. The van der Waals surface area contributed by atoms with E-state index in [-0.39, 0.29) is 84.3 Å². The minimum absolute atomic E-state index is 0. The Morgan fingerprint density at radius 3 is 1.83 bits per heavy atom. The van der Waals surface area contributed by atoms with Gasteiger partial charge in [0.25, 0.3) is 0 Å². The van der Waals surface area contributed by atoms with Gasteiger partial charge < -0.3 is 20.0 Å². The van der Waals surface area contributed by atoms with Crippen molar-refractivity contribution in [3.63, 3.8) is 0 Å². The predicted octanol–water partition coefficient (Wildman–Crippen LogP) is -0.0992. The first-order valence-electron chi connectivity index (χ1n) is 21.8. The molecule has 332 valence electrons. The van der Waals surface area contributed by atoms with Crippen molar-refractivity contribution in [3.05, 3.63) is 148 Å². The molecule has 0 N–H and O–H groups in total. The maximum absolute atomic E-state index is 5.48. The van der Waals surface area contributed by atoms with E-state index in [4.69, 9.17) is 23.2 Å². The molecule has 4 aliphatic heterocycles. The molecule has 0 aliphatic carbocycles. The first-order chi connectivity index (χ1) is 31.8. The van der Waals surface area contributed by atoms with E-state index in [0.717, 1.165) is 112 Å². The molecule has 0 amide bonds. The predicted molar refractivity (Wildman–Crippen MR) is 273 cm³/mol. The molecule has 12 radical (unpaired) electrons. The molecule has 6 heterocycles. The van der Waals surface area contributed by atoms with Crippen molar-refractivity contribution >= 4 is 98.8 Å². The smallest absolute Gasteiger partial charge is 0.118 e. The quantitative estimate of drug-likeness (QED) is 0.114. The molecule has 0 fully saturated rings. The maximum atomic E-state index is 5.48. The fourth-order valence-electron chi connectivity index (χ4n) is 7.58. The van der Waals surface area contributed by atoms with E-state index in [1.54, 1.807) is 25.5 Å². The Hall–Kier alpha value is -1.98. The SMILES string of the molecule is Cc1[c-]cc(C)c2c1=NCN=2.[B][B][B]Cc1[c-]cc(CCC)c2c1=NCN=2.[B][B][B]c1[c-]cc(CC)c2c1=NCN=2.[B][B][B]c1ccc(-c2[c-]cc(-c3ccc(CC)s3)c3c2=NCN=3)s1.[W].[W].[W].[W]. The number of nitrogens with zero attached hydrogens (tertiary/aromatic N) is 8. The summed E-state index contributed by atoms with van der Waals surface area (Å²) in [5.74, 6) is 0. The third-order valence-electron chi connectivity index (χ3n) is 10.8. The van der Waals surface area contributed by atoms with Crippen molar-refractivity contribution in [1.82, 2.24) is 0 Å². The minimum atomic E-state index is 0. The van der Waals surface area contributed by atoms with Gasteiger partial charge in [-0.25, -0.2) is 11.3 Å². The number of hydrogen-bond donors (Lipinski definition) is 0. The van der Waals surface area contributed by atoms with Crippen LogP contribution >= 0.6 is 22.7 Å². The Labute approximate surface area is 480 Å². The van der Waals surface area contributed by atoms with Crippen molar-refractivity contribution in [2.45, 2.75) is 66.6 Å². The van der Waals surface area contributed by atoms with Crippen molar-refractivity contribution in [3.8, 4) is 20.9 Å². The Kier molecular flexibility index (Phi) is 27.5. The summed E-state index contributed by atoms with van der Waals surface area (Å²) in [5, 5.41) is 8.09. The Balaban J connectivity index is 0.000000249. The molecule has 8 nitrogen and oxygen atoms in total. The third-order valence-corrected chi connectivity index (χ3v) is 13.1. The van der Waals surface area contributed by atoms with Crippen LogP contribution < -0.4 is 53.1 Å². The van der Waals surface area contributed by atoms with E-state index >= 15 is 0 Å². The van der Waals surface area contributed by atoms with Gasteiger partial charge in [0.15, 0.2) is 0 Å². The van der Waals surface area contributed by atoms with Gasteiger partial charge in [-0.15, -0.1) is 45.5 Å². The van der Waals surface area contributed by atoms with E-state index in [9.17, 15) is 0 Å². The van der Waals surface area contributed by atoms with Gasteiger partial charge in [0.1, 0.15) is 33.8 Å². The first kappa shape index (κ1) is 61.3. The van der Waals surface area contributed by atoms with Crippen molar-refractivity contribution in [1.29, 1.82) is 0 Å². The zero-order chi connectivity index (χ0) is 45.7. The van der Waals surface area contributed by atoms with Crippen LogP contribution in [-0.4, -0.2) is 92.6 Å². The summed E-state index contributed by atoms with van der Waals surface area (Å²) in [4.78, 5) is 39.1. The van der Waals surface area contributed by atoms with Crippen molar-refractivity contribution in [2.24, 2.45) is 39.9 Å². The van der Waals surface area contributed by atoms with Gasteiger partial charge in [-0.2, -0.15) is 53.2 Å². The average Bonchev–Trinajstić information content (AvgIpc) is 4.19. The molecule has 10 rings (SSSR count). The summed E-state index contributed by atoms with van der Waals surface area (Å²) >= 11 is 3.51. The van der Waals surface area contributed by atoms with Gasteiger partial charge in [0, 0.05) is 144 Å². The van der Waals surface area contributed by atoms with Crippen LogP contribution in [0.15, 0.2) is 88.5 Å².